The number of aliphatic hydroxyl groups is 1. The van der Waals surface area contributed by atoms with Gasteiger partial charge in [-0.15, -0.1) is 0 Å². The van der Waals surface area contributed by atoms with E-state index in [0.29, 0.717) is 18.7 Å². The molecule has 0 fully saturated rings. The van der Waals surface area contributed by atoms with Crippen molar-refractivity contribution in [1.82, 2.24) is 35.0 Å². The number of nitrogens with one attached hydrogen (secondary N) is 2. The molecule has 0 aliphatic heterocycles. The van der Waals surface area contributed by atoms with Crippen LogP contribution in [0.15, 0.2) is 61.3 Å². The zero-order chi connectivity index (χ0) is 26.6. The van der Waals surface area contributed by atoms with Crippen LogP contribution in [0.2, 0.25) is 0 Å². The highest BCUT2D eigenvalue weighted by Gasteiger charge is 2.20. The van der Waals surface area contributed by atoms with Gasteiger partial charge >= 0.3 is 0 Å². The molecule has 0 spiro atoms. The Balaban J connectivity index is 1.32. The maximum atomic E-state index is 12.3. The van der Waals surface area contributed by atoms with Gasteiger partial charge in [-0.25, -0.2) is 19.6 Å². The minimum Gasteiger partial charge on any atom is -0.394 e. The summed E-state index contributed by atoms with van der Waals surface area (Å²) in [6, 6.07) is 11.7. The minimum absolute atomic E-state index is 0.00620. The third-order valence-electron chi connectivity index (χ3n) is 6.97. The van der Waals surface area contributed by atoms with E-state index in [1.54, 1.807) is 42.7 Å². The Bertz CT molecular complexity index is 1600. The van der Waals surface area contributed by atoms with Crippen molar-refractivity contribution in [1.29, 1.82) is 0 Å². The number of aromatic nitrogens is 6. The maximum absolute atomic E-state index is 12.3. The average molecular weight is 511 g/mol. The van der Waals surface area contributed by atoms with Crippen LogP contribution in [0, 0.1) is 5.92 Å². The number of carbonyl (C=O) groups excluding carboxylic acids is 1. The van der Waals surface area contributed by atoms with Crippen LogP contribution in [0.1, 0.15) is 35.7 Å². The van der Waals surface area contributed by atoms with Crippen LogP contribution in [0.4, 0.5) is 5.82 Å². The Morgan fingerprint density at radius 2 is 1.95 bits per heavy atom. The molecule has 5 rings (SSSR count). The highest BCUT2D eigenvalue weighted by Crippen LogP contribution is 2.31. The maximum Gasteiger partial charge on any atom is 0.251 e. The van der Waals surface area contributed by atoms with Crippen molar-refractivity contribution in [2.75, 3.05) is 25.5 Å². The van der Waals surface area contributed by atoms with Gasteiger partial charge in [0.25, 0.3) is 5.91 Å². The number of anilines is 1. The van der Waals surface area contributed by atoms with Gasteiger partial charge in [-0.3, -0.25) is 9.78 Å². The topological polar surface area (TPSA) is 131 Å². The molecular formula is C28H30N8O2. The lowest BCUT2D eigenvalue weighted by Crippen LogP contribution is -2.19. The number of nitrogens with zero attached hydrogens (tertiary/aromatic N) is 6. The van der Waals surface area contributed by atoms with E-state index >= 15 is 0 Å². The van der Waals surface area contributed by atoms with Gasteiger partial charge in [0, 0.05) is 48.4 Å². The fourth-order valence-corrected chi connectivity index (χ4v) is 4.63. The van der Waals surface area contributed by atoms with Crippen molar-refractivity contribution in [3.8, 4) is 11.3 Å². The predicted molar refractivity (Wildman–Crippen MR) is 147 cm³/mol. The van der Waals surface area contributed by atoms with Gasteiger partial charge in [-0.2, -0.15) is 5.10 Å². The van der Waals surface area contributed by atoms with Crippen LogP contribution in [0.5, 0.6) is 0 Å². The number of aliphatic hydroxyl groups excluding tert-OH is 1. The van der Waals surface area contributed by atoms with Gasteiger partial charge in [0.2, 0.25) is 0 Å². The largest absolute Gasteiger partial charge is 0.394 e. The van der Waals surface area contributed by atoms with E-state index in [2.05, 4.69) is 55.6 Å². The Labute approximate surface area is 220 Å². The minimum atomic E-state index is -0.121. The lowest BCUT2D eigenvalue weighted by molar-refractivity contribution is 0.0964. The first-order chi connectivity index (χ1) is 18.5. The highest BCUT2D eigenvalue weighted by atomic mass is 16.3. The summed E-state index contributed by atoms with van der Waals surface area (Å²) in [4.78, 5) is 30.3. The molecule has 38 heavy (non-hydrogen) atoms. The molecule has 1 aromatic carbocycles. The molecule has 4 heterocycles. The molecule has 194 valence electrons. The molecule has 0 saturated carbocycles. The van der Waals surface area contributed by atoms with Crippen molar-refractivity contribution >= 4 is 33.7 Å². The second-order valence-electron chi connectivity index (χ2n) is 9.34. The molecule has 3 N–H and O–H groups in total. The first-order valence-corrected chi connectivity index (χ1v) is 12.6. The molecule has 10 nitrogen and oxygen atoms in total. The van der Waals surface area contributed by atoms with Crippen LogP contribution in [0.3, 0.4) is 0 Å². The number of pyridine rings is 2. The standard InChI is InChI=1S/C28H30N8O2/c1-17(18(2)21-5-4-6-22-23(28(38)29-3)7-8-30-26(21)22)13-31-25-12-24(33-16-34-25)19-11-20-15-35-36(9-10-37)27(20)32-14-19/h4-8,11-12,14-18,37H,9-10,13H2,1-3H3,(H,29,38)(H,31,33,34)/t17-,18?/m1/s1. The van der Waals surface area contributed by atoms with E-state index in [4.69, 9.17) is 0 Å². The van der Waals surface area contributed by atoms with Crippen molar-refractivity contribution in [3.05, 3.63) is 72.4 Å². The van der Waals surface area contributed by atoms with E-state index in [-0.39, 0.29) is 24.3 Å². The van der Waals surface area contributed by atoms with Gasteiger partial charge in [0.1, 0.15) is 12.1 Å². The molecule has 5 aromatic rings. The van der Waals surface area contributed by atoms with E-state index < -0.39 is 0 Å². The number of benzene rings is 1. The lowest BCUT2D eigenvalue weighted by atomic mass is 9.87. The van der Waals surface area contributed by atoms with Crippen molar-refractivity contribution < 1.29 is 9.90 Å². The zero-order valence-electron chi connectivity index (χ0n) is 21.6. The Morgan fingerprint density at radius 1 is 1.08 bits per heavy atom. The second kappa shape index (κ2) is 10.9. The molecular weight excluding hydrogens is 480 g/mol. The molecule has 0 bridgehead atoms. The number of fused-ring (bicyclic) bond motifs is 2. The number of para-hydroxylation sites is 1. The lowest BCUT2D eigenvalue weighted by Gasteiger charge is -2.22. The average Bonchev–Trinajstić information content (AvgIpc) is 3.36. The molecule has 0 saturated heterocycles. The van der Waals surface area contributed by atoms with Crippen LogP contribution < -0.4 is 10.6 Å². The van der Waals surface area contributed by atoms with Crippen molar-refractivity contribution in [2.45, 2.75) is 26.3 Å². The summed E-state index contributed by atoms with van der Waals surface area (Å²) in [5.41, 5.74) is 4.92. The fraction of sp³-hybridized carbons (Fsp3) is 0.286. The number of amides is 1. The van der Waals surface area contributed by atoms with E-state index in [9.17, 15) is 9.90 Å². The summed E-state index contributed by atoms with van der Waals surface area (Å²) < 4.78 is 1.68. The quantitative estimate of drug-likeness (QED) is 0.274. The summed E-state index contributed by atoms with van der Waals surface area (Å²) in [6.07, 6.45) is 6.73. The molecule has 0 radical (unpaired) electrons. The molecule has 0 aliphatic carbocycles. The Morgan fingerprint density at radius 3 is 2.76 bits per heavy atom. The number of rotatable bonds is 9. The molecule has 2 atom stereocenters. The van der Waals surface area contributed by atoms with Crippen molar-refractivity contribution in [3.63, 3.8) is 0 Å². The third-order valence-corrected chi connectivity index (χ3v) is 6.97. The predicted octanol–water partition coefficient (Wildman–Crippen LogP) is 3.64. The zero-order valence-corrected chi connectivity index (χ0v) is 21.6. The van der Waals surface area contributed by atoms with Gasteiger partial charge in [-0.1, -0.05) is 32.0 Å². The highest BCUT2D eigenvalue weighted by molar-refractivity contribution is 6.06. The number of hydrogen-bond acceptors (Lipinski definition) is 8. The second-order valence-corrected chi connectivity index (χ2v) is 9.34. The van der Waals surface area contributed by atoms with Crippen LogP contribution in [0.25, 0.3) is 33.2 Å². The number of hydrogen-bond donors (Lipinski definition) is 3. The van der Waals surface area contributed by atoms with Crippen LogP contribution in [-0.4, -0.2) is 60.9 Å². The van der Waals surface area contributed by atoms with Crippen LogP contribution >= 0.6 is 0 Å². The summed E-state index contributed by atoms with van der Waals surface area (Å²) >= 11 is 0. The molecule has 1 amide bonds. The molecule has 0 aliphatic rings. The van der Waals surface area contributed by atoms with E-state index in [1.807, 2.05) is 24.3 Å². The summed E-state index contributed by atoms with van der Waals surface area (Å²) in [5.74, 6) is 1.04. The SMILES string of the molecule is CNC(=O)c1ccnc2c(C(C)[C@H](C)CNc3cc(-c4cnc5c(cnn5CCO)c4)ncn3)cccc12. The fourth-order valence-electron chi connectivity index (χ4n) is 4.63. The monoisotopic (exact) mass is 510 g/mol. The summed E-state index contributed by atoms with van der Waals surface area (Å²) in [6.45, 7) is 5.46. The van der Waals surface area contributed by atoms with Crippen molar-refractivity contribution in [2.24, 2.45) is 5.92 Å². The Hall–Kier alpha value is -4.44. The van der Waals surface area contributed by atoms with E-state index in [1.165, 1.54) is 0 Å². The van der Waals surface area contributed by atoms with Gasteiger partial charge < -0.3 is 15.7 Å². The van der Waals surface area contributed by atoms with Gasteiger partial charge in [0.05, 0.1) is 36.1 Å². The third kappa shape index (κ3) is 4.90. The summed E-state index contributed by atoms with van der Waals surface area (Å²) in [5, 5.41) is 21.4. The van der Waals surface area contributed by atoms with E-state index in [0.717, 1.165) is 44.6 Å². The number of carbonyl (C=O) groups is 1. The molecule has 10 heteroatoms. The smallest absolute Gasteiger partial charge is 0.251 e. The molecule has 1 unspecified atom stereocenters. The van der Waals surface area contributed by atoms with Crippen LogP contribution in [-0.2, 0) is 6.54 Å². The molecule has 4 aromatic heterocycles. The first-order valence-electron chi connectivity index (χ1n) is 12.6. The summed E-state index contributed by atoms with van der Waals surface area (Å²) in [7, 11) is 1.63. The van der Waals surface area contributed by atoms with Gasteiger partial charge in [-0.05, 0) is 29.5 Å². The normalized spacial score (nSPS) is 12.9. The first kappa shape index (κ1) is 25.2. The van der Waals surface area contributed by atoms with Gasteiger partial charge in [0.15, 0.2) is 5.65 Å². The Kier molecular flexibility index (Phi) is 7.23.